The van der Waals surface area contributed by atoms with Crippen LogP contribution in [0.5, 0.6) is 0 Å². The van der Waals surface area contributed by atoms with Crippen LogP contribution in [0.1, 0.15) is 12.8 Å². The van der Waals surface area contributed by atoms with Gasteiger partial charge in [0.2, 0.25) is 0 Å². The van der Waals surface area contributed by atoms with Crippen molar-refractivity contribution in [3.63, 3.8) is 0 Å². The zero-order valence-corrected chi connectivity index (χ0v) is 10.6. The summed E-state index contributed by atoms with van der Waals surface area (Å²) < 4.78 is 5.57. The summed E-state index contributed by atoms with van der Waals surface area (Å²) in [5.74, 6) is 0.246. The minimum atomic E-state index is -0.690. The second-order valence-corrected chi connectivity index (χ2v) is 4.43. The van der Waals surface area contributed by atoms with Gasteiger partial charge in [-0.3, -0.25) is 9.91 Å². The van der Waals surface area contributed by atoms with Crippen LogP contribution >= 0.6 is 0 Å². The van der Waals surface area contributed by atoms with Gasteiger partial charge in [0, 0.05) is 13.7 Å². The van der Waals surface area contributed by atoms with E-state index < -0.39 is 5.03 Å². The summed E-state index contributed by atoms with van der Waals surface area (Å²) in [4.78, 5) is 12.5. The van der Waals surface area contributed by atoms with Crippen LogP contribution in [0, 0.1) is 10.1 Å². The highest BCUT2D eigenvalue weighted by Crippen LogP contribution is 2.18. The summed E-state index contributed by atoms with van der Waals surface area (Å²) >= 11 is 0. The van der Waals surface area contributed by atoms with Crippen molar-refractivity contribution in [2.24, 2.45) is 5.10 Å². The molecule has 2 aliphatic heterocycles. The predicted octanol–water partition coefficient (Wildman–Crippen LogP) is -0.731. The number of hydrazone groups is 1. The Kier molecular flexibility index (Phi) is 3.94. The molecule has 0 aliphatic carbocycles. The molecule has 0 aromatic carbocycles. The van der Waals surface area contributed by atoms with Gasteiger partial charge in [-0.05, 0) is 19.9 Å². The van der Waals surface area contributed by atoms with E-state index in [1.807, 2.05) is 24.0 Å². The maximum Gasteiger partial charge on any atom is 0.288 e. The smallest absolute Gasteiger partial charge is 0.288 e. The van der Waals surface area contributed by atoms with E-state index in [1.165, 1.54) is 0 Å². The van der Waals surface area contributed by atoms with Gasteiger partial charge in [-0.15, -0.1) is 0 Å². The van der Waals surface area contributed by atoms with Crippen LogP contribution in [0.15, 0.2) is 5.10 Å². The summed E-state index contributed by atoms with van der Waals surface area (Å²) in [6.07, 6.45) is 1.88. The lowest BCUT2D eigenvalue weighted by Gasteiger charge is -2.41. The molecule has 0 aromatic rings. The third kappa shape index (κ3) is 2.86. The van der Waals surface area contributed by atoms with E-state index in [4.69, 9.17) is 4.74 Å². The molecular weight excluding hydrogens is 240 g/mol. The molecule has 9 heteroatoms. The Morgan fingerprint density at radius 3 is 3.06 bits per heavy atom. The first kappa shape index (κ1) is 13.0. The predicted molar refractivity (Wildman–Crippen MR) is 63.6 cm³/mol. The van der Waals surface area contributed by atoms with Crippen molar-refractivity contribution in [1.82, 2.24) is 20.2 Å². The van der Waals surface area contributed by atoms with E-state index in [9.17, 15) is 10.1 Å². The molecule has 1 N–H and O–H groups in total. The Bertz CT molecular complexity index is 343. The lowest BCUT2D eigenvalue weighted by Crippen LogP contribution is -2.62. The standard InChI is InChI=1S/C9H18N6O3/c1-12-6-10-9(11-15(16)17)14(7-12)13(2)8-4-3-5-18-8/h8H,3-7H2,1-2H3,(H,10,11). The van der Waals surface area contributed by atoms with Crippen molar-refractivity contribution in [3.05, 3.63) is 10.1 Å². The number of guanidine groups is 1. The lowest BCUT2D eigenvalue weighted by molar-refractivity contribution is -0.486. The highest BCUT2D eigenvalue weighted by atomic mass is 16.7. The van der Waals surface area contributed by atoms with Gasteiger partial charge in [0.1, 0.15) is 11.3 Å². The molecule has 2 rings (SSSR count). The van der Waals surface area contributed by atoms with Gasteiger partial charge >= 0.3 is 0 Å². The summed E-state index contributed by atoms with van der Waals surface area (Å²) in [5.41, 5.74) is 0. The van der Waals surface area contributed by atoms with Gasteiger partial charge in [0.05, 0.1) is 13.3 Å². The summed E-state index contributed by atoms with van der Waals surface area (Å²) in [6.45, 7) is 1.80. The molecule has 18 heavy (non-hydrogen) atoms. The highest BCUT2D eigenvalue weighted by Gasteiger charge is 2.31. The molecule has 2 aliphatic rings. The van der Waals surface area contributed by atoms with Crippen molar-refractivity contribution >= 4 is 5.96 Å². The molecule has 0 amide bonds. The third-order valence-corrected chi connectivity index (χ3v) is 3.01. The maximum atomic E-state index is 10.5. The van der Waals surface area contributed by atoms with E-state index >= 15 is 0 Å². The molecule has 0 aromatic heterocycles. The Balaban J connectivity index is 2.11. The summed E-state index contributed by atoms with van der Waals surface area (Å²) in [7, 11) is 3.78. The van der Waals surface area contributed by atoms with Crippen LogP contribution in [0.3, 0.4) is 0 Å². The fraction of sp³-hybridized carbons (Fsp3) is 0.889. The maximum absolute atomic E-state index is 10.5. The minimum absolute atomic E-state index is 0.0461. The molecule has 0 saturated carbocycles. The Morgan fingerprint density at radius 2 is 2.44 bits per heavy atom. The molecule has 2 heterocycles. The lowest BCUT2D eigenvalue weighted by atomic mass is 10.3. The SMILES string of the molecule is CN1CN/C(=N/[N+](=O)[O-])N(N(C)C2CCCO2)C1. The van der Waals surface area contributed by atoms with Crippen LogP contribution in [0.2, 0.25) is 0 Å². The fourth-order valence-corrected chi connectivity index (χ4v) is 2.07. The number of hydrogen-bond acceptors (Lipinski definition) is 5. The molecule has 0 spiro atoms. The molecule has 0 radical (unpaired) electrons. The van der Waals surface area contributed by atoms with E-state index in [-0.39, 0.29) is 12.2 Å². The number of nitrogens with one attached hydrogen (secondary N) is 1. The van der Waals surface area contributed by atoms with Gasteiger partial charge < -0.3 is 10.1 Å². The zero-order chi connectivity index (χ0) is 13.1. The Hall–Kier alpha value is -1.45. The average molecular weight is 258 g/mol. The van der Waals surface area contributed by atoms with E-state index in [2.05, 4.69) is 10.4 Å². The summed E-state index contributed by atoms with van der Waals surface area (Å²) in [5, 5.41) is 19.7. The molecule has 1 atom stereocenters. The monoisotopic (exact) mass is 258 g/mol. The molecule has 2 fully saturated rings. The first-order chi connectivity index (χ1) is 8.58. The molecular formula is C9H18N6O3. The Morgan fingerprint density at radius 1 is 1.67 bits per heavy atom. The number of ether oxygens (including phenoxy) is 1. The van der Waals surface area contributed by atoms with E-state index in [1.54, 1.807) is 5.01 Å². The third-order valence-electron chi connectivity index (χ3n) is 3.01. The topological polar surface area (TPSA) is 86.5 Å². The number of rotatable bonds is 3. The van der Waals surface area contributed by atoms with Crippen molar-refractivity contribution in [3.8, 4) is 0 Å². The molecule has 0 bridgehead atoms. The van der Waals surface area contributed by atoms with Crippen molar-refractivity contribution < 1.29 is 9.77 Å². The van der Waals surface area contributed by atoms with Gasteiger partial charge in [-0.25, -0.2) is 10.1 Å². The van der Waals surface area contributed by atoms with Crippen LogP contribution in [-0.4, -0.2) is 66.2 Å². The molecule has 1 unspecified atom stereocenters. The molecule has 2 saturated heterocycles. The quantitative estimate of drug-likeness (QED) is 0.527. The van der Waals surface area contributed by atoms with Crippen LogP contribution in [0.4, 0.5) is 0 Å². The Labute approximate surface area is 105 Å². The van der Waals surface area contributed by atoms with Gasteiger partial charge in [-0.1, -0.05) is 0 Å². The zero-order valence-electron chi connectivity index (χ0n) is 10.6. The second kappa shape index (κ2) is 5.46. The van der Waals surface area contributed by atoms with E-state index in [0.717, 1.165) is 19.4 Å². The van der Waals surface area contributed by atoms with Crippen LogP contribution in [-0.2, 0) is 4.74 Å². The molecule has 102 valence electrons. The van der Waals surface area contributed by atoms with Gasteiger partial charge in [0.25, 0.3) is 5.96 Å². The number of hydrogen-bond donors (Lipinski definition) is 1. The molecule has 9 nitrogen and oxygen atoms in total. The van der Waals surface area contributed by atoms with Gasteiger partial charge in [-0.2, -0.15) is 5.01 Å². The second-order valence-electron chi connectivity index (χ2n) is 4.43. The number of hydrazine groups is 1. The first-order valence-electron chi connectivity index (χ1n) is 5.85. The largest absolute Gasteiger partial charge is 0.361 e. The minimum Gasteiger partial charge on any atom is -0.361 e. The normalized spacial score (nSPS) is 27.8. The van der Waals surface area contributed by atoms with Gasteiger partial charge in [0.15, 0.2) is 5.03 Å². The number of nitrogens with zero attached hydrogens (tertiary/aromatic N) is 5. The van der Waals surface area contributed by atoms with E-state index in [0.29, 0.717) is 13.3 Å². The number of nitro groups is 1. The first-order valence-corrected chi connectivity index (χ1v) is 5.85. The van der Waals surface area contributed by atoms with Crippen LogP contribution in [0.25, 0.3) is 0 Å². The fourth-order valence-electron chi connectivity index (χ4n) is 2.07. The van der Waals surface area contributed by atoms with Crippen molar-refractivity contribution in [2.75, 3.05) is 34.0 Å². The summed E-state index contributed by atoms with van der Waals surface area (Å²) in [6, 6.07) is 0. The highest BCUT2D eigenvalue weighted by molar-refractivity contribution is 5.79. The average Bonchev–Trinajstić information content (AvgIpc) is 2.83. The van der Waals surface area contributed by atoms with Crippen molar-refractivity contribution in [1.29, 1.82) is 0 Å². The van der Waals surface area contributed by atoms with Crippen molar-refractivity contribution in [2.45, 2.75) is 19.1 Å². The van der Waals surface area contributed by atoms with Crippen LogP contribution < -0.4 is 5.32 Å².